The molecule has 0 aromatic carbocycles. The predicted octanol–water partition coefficient (Wildman–Crippen LogP) is 0.820. The molecule has 0 spiro atoms. The van der Waals surface area contributed by atoms with Gasteiger partial charge in [-0.2, -0.15) is 11.8 Å². The van der Waals surface area contributed by atoms with Crippen molar-refractivity contribution >= 4 is 24.2 Å². The van der Waals surface area contributed by atoms with Gasteiger partial charge in [0.05, 0.1) is 0 Å². The summed E-state index contributed by atoms with van der Waals surface area (Å²) in [5.74, 6) is 1.39. The van der Waals surface area contributed by atoms with E-state index in [0.717, 1.165) is 5.75 Å². The molecule has 1 fully saturated rings. The molecule has 2 N–H and O–H groups in total. The zero-order valence-electron chi connectivity index (χ0n) is 4.34. The quantitative estimate of drug-likeness (QED) is 0.564. The number of hydrogen-bond acceptors (Lipinski definition) is 2. The highest BCUT2D eigenvalue weighted by Crippen LogP contribution is 2.18. The maximum atomic E-state index is 12.2. The molecular weight excluding hydrogens is 149 g/mol. The first-order valence-electron chi connectivity index (χ1n) is 2.28. The van der Waals surface area contributed by atoms with Crippen LogP contribution in [0.25, 0.3) is 0 Å². The van der Waals surface area contributed by atoms with Gasteiger partial charge < -0.3 is 5.73 Å². The molecule has 0 aliphatic carbocycles. The van der Waals surface area contributed by atoms with Crippen molar-refractivity contribution < 1.29 is 4.39 Å². The number of halogens is 2. The molecule has 0 aromatic rings. The maximum absolute atomic E-state index is 12.2. The molecule has 1 nitrogen and oxygen atoms in total. The normalized spacial score (nSPS) is 36.8. The van der Waals surface area contributed by atoms with E-state index < -0.39 is 6.17 Å². The average Bonchev–Trinajstić information content (AvgIpc) is 1.91. The van der Waals surface area contributed by atoms with Crippen LogP contribution >= 0.6 is 24.2 Å². The van der Waals surface area contributed by atoms with Crippen LogP contribution in [0.15, 0.2) is 0 Å². The number of thioether (sulfide) groups is 1. The number of hydrogen-bond donors (Lipinski definition) is 1. The van der Waals surface area contributed by atoms with Crippen molar-refractivity contribution in [3.63, 3.8) is 0 Å². The highest BCUT2D eigenvalue weighted by molar-refractivity contribution is 7.99. The summed E-state index contributed by atoms with van der Waals surface area (Å²) in [4.78, 5) is 0. The van der Waals surface area contributed by atoms with E-state index in [9.17, 15) is 4.39 Å². The number of rotatable bonds is 0. The lowest BCUT2D eigenvalue weighted by molar-refractivity contribution is 0.337. The van der Waals surface area contributed by atoms with E-state index in [0.29, 0.717) is 5.75 Å². The van der Waals surface area contributed by atoms with E-state index in [1.165, 1.54) is 0 Å². The molecule has 2 atom stereocenters. The van der Waals surface area contributed by atoms with Crippen LogP contribution in [0.3, 0.4) is 0 Å². The summed E-state index contributed by atoms with van der Waals surface area (Å²) in [6.45, 7) is 0. The fraction of sp³-hybridized carbons (Fsp3) is 1.00. The number of alkyl halides is 1. The summed E-state index contributed by atoms with van der Waals surface area (Å²) >= 11 is 1.59. The Morgan fingerprint density at radius 3 is 2.25 bits per heavy atom. The minimum atomic E-state index is -0.745. The Balaban J connectivity index is 0.000000490. The van der Waals surface area contributed by atoms with Crippen LogP contribution in [0.5, 0.6) is 0 Å². The van der Waals surface area contributed by atoms with E-state index in [1.54, 1.807) is 11.8 Å². The summed E-state index contributed by atoms with van der Waals surface area (Å²) in [5, 5.41) is 0. The zero-order chi connectivity index (χ0) is 5.28. The lowest BCUT2D eigenvalue weighted by Gasteiger charge is -2.00. The second-order valence-electron chi connectivity index (χ2n) is 1.72. The molecule has 0 bridgehead atoms. The van der Waals surface area contributed by atoms with Crippen LogP contribution in [0.2, 0.25) is 0 Å². The maximum Gasteiger partial charge on any atom is 0.125 e. The fourth-order valence-corrected chi connectivity index (χ4v) is 1.63. The lowest BCUT2D eigenvalue weighted by Crippen LogP contribution is -2.29. The highest BCUT2D eigenvalue weighted by atomic mass is 35.5. The zero-order valence-corrected chi connectivity index (χ0v) is 5.97. The minimum absolute atomic E-state index is 0. The topological polar surface area (TPSA) is 26.0 Å². The predicted molar refractivity (Wildman–Crippen MR) is 37.4 cm³/mol. The molecule has 1 aliphatic rings. The Morgan fingerprint density at radius 2 is 2.12 bits per heavy atom. The molecule has 2 unspecified atom stereocenters. The van der Waals surface area contributed by atoms with Crippen molar-refractivity contribution in [1.82, 2.24) is 0 Å². The first-order chi connectivity index (χ1) is 3.30. The summed E-state index contributed by atoms with van der Waals surface area (Å²) in [5.41, 5.74) is 5.28. The van der Waals surface area contributed by atoms with Gasteiger partial charge in [-0.3, -0.25) is 0 Å². The van der Waals surface area contributed by atoms with Crippen molar-refractivity contribution in [3.05, 3.63) is 0 Å². The Bertz CT molecular complexity index is 65.1. The molecule has 0 amide bonds. The summed E-state index contributed by atoms with van der Waals surface area (Å²) in [6, 6.07) is -0.190. The summed E-state index contributed by atoms with van der Waals surface area (Å²) in [6.07, 6.45) is -0.745. The molecule has 1 saturated heterocycles. The monoisotopic (exact) mass is 157 g/mol. The molecule has 0 aromatic heterocycles. The number of nitrogens with two attached hydrogens (primary N) is 1. The van der Waals surface area contributed by atoms with Crippen LogP contribution < -0.4 is 5.73 Å². The molecule has 0 saturated carbocycles. The van der Waals surface area contributed by atoms with Gasteiger partial charge in [0.15, 0.2) is 0 Å². The second-order valence-corrected chi connectivity index (χ2v) is 2.79. The molecule has 4 heteroatoms. The van der Waals surface area contributed by atoms with Gasteiger partial charge in [0.1, 0.15) is 6.17 Å². The molecular formula is C4H9ClFNS. The smallest absolute Gasteiger partial charge is 0.125 e. The van der Waals surface area contributed by atoms with Crippen LogP contribution in [0.1, 0.15) is 0 Å². The SMILES string of the molecule is Cl.NC1CSCC1F. The Kier molecular flexibility index (Phi) is 3.77. The third-order valence-corrected chi connectivity index (χ3v) is 2.23. The first kappa shape index (κ1) is 8.53. The molecule has 1 aliphatic heterocycles. The highest BCUT2D eigenvalue weighted by Gasteiger charge is 2.22. The van der Waals surface area contributed by atoms with E-state index >= 15 is 0 Å². The average molecular weight is 158 g/mol. The Hall–Kier alpha value is 0.530. The van der Waals surface area contributed by atoms with Crippen molar-refractivity contribution in [2.45, 2.75) is 12.2 Å². The minimum Gasteiger partial charge on any atom is -0.325 e. The van der Waals surface area contributed by atoms with Gasteiger partial charge in [-0.05, 0) is 0 Å². The third-order valence-electron chi connectivity index (χ3n) is 1.05. The van der Waals surface area contributed by atoms with E-state index in [-0.39, 0.29) is 18.4 Å². The van der Waals surface area contributed by atoms with Gasteiger partial charge in [-0.15, -0.1) is 12.4 Å². The third kappa shape index (κ3) is 1.80. The molecule has 50 valence electrons. The summed E-state index contributed by atoms with van der Waals surface area (Å²) < 4.78 is 12.2. The molecule has 1 heterocycles. The lowest BCUT2D eigenvalue weighted by atomic mass is 10.3. The van der Waals surface area contributed by atoms with Gasteiger partial charge >= 0.3 is 0 Å². The van der Waals surface area contributed by atoms with Crippen LogP contribution in [0.4, 0.5) is 4.39 Å². The Labute approximate surface area is 58.6 Å². The molecule has 8 heavy (non-hydrogen) atoms. The van der Waals surface area contributed by atoms with Crippen LogP contribution in [-0.4, -0.2) is 23.7 Å². The molecule has 0 radical (unpaired) electrons. The fourth-order valence-electron chi connectivity index (χ4n) is 0.545. The summed E-state index contributed by atoms with van der Waals surface area (Å²) in [7, 11) is 0. The van der Waals surface area contributed by atoms with Gasteiger partial charge in [-0.25, -0.2) is 4.39 Å². The van der Waals surface area contributed by atoms with Gasteiger partial charge in [-0.1, -0.05) is 0 Å². The van der Waals surface area contributed by atoms with Crippen molar-refractivity contribution in [2.75, 3.05) is 11.5 Å². The van der Waals surface area contributed by atoms with E-state index in [4.69, 9.17) is 5.73 Å². The van der Waals surface area contributed by atoms with Crippen LogP contribution in [0, 0.1) is 0 Å². The van der Waals surface area contributed by atoms with Gasteiger partial charge in [0.25, 0.3) is 0 Å². The Morgan fingerprint density at radius 1 is 1.50 bits per heavy atom. The first-order valence-corrected chi connectivity index (χ1v) is 3.43. The van der Waals surface area contributed by atoms with E-state index in [1.807, 2.05) is 0 Å². The molecule has 1 rings (SSSR count). The van der Waals surface area contributed by atoms with Crippen LogP contribution in [-0.2, 0) is 0 Å². The van der Waals surface area contributed by atoms with Gasteiger partial charge in [0.2, 0.25) is 0 Å². The second kappa shape index (κ2) is 3.54. The largest absolute Gasteiger partial charge is 0.325 e. The standard InChI is InChI=1S/C4H8FNS.ClH/c5-3-1-7-2-4(3)6;/h3-4H,1-2,6H2;1H. The van der Waals surface area contributed by atoms with Gasteiger partial charge in [0, 0.05) is 17.5 Å². The van der Waals surface area contributed by atoms with Crippen molar-refractivity contribution in [2.24, 2.45) is 5.73 Å². The van der Waals surface area contributed by atoms with Crippen molar-refractivity contribution in [1.29, 1.82) is 0 Å². The van der Waals surface area contributed by atoms with E-state index in [2.05, 4.69) is 0 Å². The van der Waals surface area contributed by atoms with Crippen molar-refractivity contribution in [3.8, 4) is 0 Å².